The predicted molar refractivity (Wildman–Crippen MR) is 128 cm³/mol. The summed E-state index contributed by atoms with van der Waals surface area (Å²) in [6.07, 6.45) is 14.9. The summed E-state index contributed by atoms with van der Waals surface area (Å²) < 4.78 is 0. The van der Waals surface area contributed by atoms with E-state index in [1.807, 2.05) is 0 Å². The van der Waals surface area contributed by atoms with E-state index in [-0.39, 0.29) is 5.41 Å². The van der Waals surface area contributed by atoms with Gasteiger partial charge in [0.25, 0.3) is 0 Å². The second-order valence-corrected chi connectivity index (χ2v) is 9.36. The lowest BCUT2D eigenvalue weighted by Crippen LogP contribution is -2.30. The van der Waals surface area contributed by atoms with E-state index < -0.39 is 0 Å². The van der Waals surface area contributed by atoms with Gasteiger partial charge >= 0.3 is 0 Å². The first kappa shape index (κ1) is 22.6. The first-order valence-electron chi connectivity index (χ1n) is 12.3. The first-order valence-corrected chi connectivity index (χ1v) is 12.3. The molecule has 30 heavy (non-hydrogen) atoms. The lowest BCUT2D eigenvalue weighted by Gasteiger charge is -2.35. The number of benzene rings is 2. The summed E-state index contributed by atoms with van der Waals surface area (Å²) in [4.78, 5) is 0. The maximum Gasteiger partial charge on any atom is 0.0822 e. The quantitative estimate of drug-likeness (QED) is 0.365. The summed E-state index contributed by atoms with van der Waals surface area (Å²) in [5.74, 6) is 0.820. The SMILES string of the molecule is CCCCCCCc1ccc(-c2ccc(C3(C#N)CCC(CCC)CC3)cc2)cc1. The van der Waals surface area contributed by atoms with Gasteiger partial charge in [0.15, 0.2) is 0 Å². The van der Waals surface area contributed by atoms with Crippen molar-refractivity contribution in [2.45, 2.75) is 96.3 Å². The number of nitrogens with zero attached hydrogens (tertiary/aromatic N) is 1. The molecule has 0 unspecified atom stereocenters. The summed E-state index contributed by atoms with van der Waals surface area (Å²) in [5, 5.41) is 10.00. The number of aryl methyl sites for hydroxylation is 1. The van der Waals surface area contributed by atoms with Gasteiger partial charge < -0.3 is 0 Å². The van der Waals surface area contributed by atoms with Crippen molar-refractivity contribution in [1.82, 2.24) is 0 Å². The highest BCUT2D eigenvalue weighted by molar-refractivity contribution is 5.64. The summed E-state index contributed by atoms with van der Waals surface area (Å²) in [7, 11) is 0. The van der Waals surface area contributed by atoms with Crippen molar-refractivity contribution in [1.29, 1.82) is 5.26 Å². The number of unbranched alkanes of at least 4 members (excludes halogenated alkanes) is 4. The van der Waals surface area contributed by atoms with Gasteiger partial charge in [0.05, 0.1) is 11.5 Å². The zero-order chi connectivity index (χ0) is 21.2. The molecular formula is C29H39N. The van der Waals surface area contributed by atoms with Crippen LogP contribution in [-0.4, -0.2) is 0 Å². The van der Waals surface area contributed by atoms with Crippen LogP contribution < -0.4 is 0 Å². The third-order valence-corrected chi connectivity index (χ3v) is 7.16. The Bertz CT molecular complexity index is 786. The van der Waals surface area contributed by atoms with Gasteiger partial charge in [-0.05, 0) is 66.7 Å². The Labute approximate surface area is 184 Å². The molecule has 0 amide bonds. The monoisotopic (exact) mass is 401 g/mol. The van der Waals surface area contributed by atoms with Crippen LogP contribution in [0.1, 0.15) is 95.6 Å². The summed E-state index contributed by atoms with van der Waals surface area (Å²) in [6, 6.07) is 20.6. The van der Waals surface area contributed by atoms with Crippen molar-refractivity contribution in [3.05, 3.63) is 59.7 Å². The van der Waals surface area contributed by atoms with Crippen LogP contribution in [0.2, 0.25) is 0 Å². The van der Waals surface area contributed by atoms with Crippen LogP contribution >= 0.6 is 0 Å². The minimum absolute atomic E-state index is 0.273. The van der Waals surface area contributed by atoms with Crippen molar-refractivity contribution < 1.29 is 0 Å². The third kappa shape index (κ3) is 5.75. The van der Waals surface area contributed by atoms with Crippen molar-refractivity contribution in [3.63, 3.8) is 0 Å². The van der Waals surface area contributed by atoms with E-state index in [1.165, 1.54) is 86.5 Å². The molecule has 0 radical (unpaired) electrons. The second kappa shape index (κ2) is 11.4. The second-order valence-electron chi connectivity index (χ2n) is 9.36. The molecular weight excluding hydrogens is 362 g/mol. The number of rotatable bonds is 10. The molecule has 160 valence electrons. The Kier molecular flexibility index (Phi) is 8.56. The highest BCUT2D eigenvalue weighted by Crippen LogP contribution is 2.42. The van der Waals surface area contributed by atoms with Crippen LogP contribution in [0.25, 0.3) is 11.1 Å². The van der Waals surface area contributed by atoms with Gasteiger partial charge in [-0.25, -0.2) is 0 Å². The van der Waals surface area contributed by atoms with Crippen LogP contribution in [0.5, 0.6) is 0 Å². The molecule has 1 aliphatic rings. The van der Waals surface area contributed by atoms with E-state index in [2.05, 4.69) is 68.4 Å². The smallest absolute Gasteiger partial charge is 0.0822 e. The molecule has 0 N–H and O–H groups in total. The molecule has 1 aliphatic carbocycles. The Morgan fingerprint density at radius 3 is 1.97 bits per heavy atom. The maximum absolute atomic E-state index is 10.00. The molecule has 0 heterocycles. The van der Waals surface area contributed by atoms with Gasteiger partial charge in [-0.1, -0.05) is 101 Å². The maximum atomic E-state index is 10.00. The van der Waals surface area contributed by atoms with E-state index in [9.17, 15) is 5.26 Å². The topological polar surface area (TPSA) is 23.8 Å². The molecule has 1 nitrogen and oxygen atoms in total. The van der Waals surface area contributed by atoms with Crippen LogP contribution in [0.15, 0.2) is 48.5 Å². The molecule has 0 saturated heterocycles. The van der Waals surface area contributed by atoms with E-state index in [0.717, 1.165) is 18.8 Å². The minimum atomic E-state index is -0.273. The van der Waals surface area contributed by atoms with Gasteiger partial charge in [0, 0.05) is 0 Å². The zero-order valence-electron chi connectivity index (χ0n) is 19.1. The molecule has 1 saturated carbocycles. The van der Waals surface area contributed by atoms with E-state index in [1.54, 1.807) is 0 Å². The van der Waals surface area contributed by atoms with Gasteiger partial charge in [0.2, 0.25) is 0 Å². The van der Waals surface area contributed by atoms with E-state index >= 15 is 0 Å². The van der Waals surface area contributed by atoms with Gasteiger partial charge in [-0.3, -0.25) is 0 Å². The third-order valence-electron chi connectivity index (χ3n) is 7.16. The fraction of sp³-hybridized carbons (Fsp3) is 0.552. The van der Waals surface area contributed by atoms with Crippen LogP contribution in [-0.2, 0) is 11.8 Å². The fourth-order valence-electron chi connectivity index (χ4n) is 5.11. The summed E-state index contributed by atoms with van der Waals surface area (Å²) >= 11 is 0. The fourth-order valence-corrected chi connectivity index (χ4v) is 5.11. The first-order chi connectivity index (χ1) is 14.7. The number of nitriles is 1. The number of hydrogen-bond donors (Lipinski definition) is 0. The Balaban J connectivity index is 1.60. The molecule has 0 aromatic heterocycles. The van der Waals surface area contributed by atoms with Crippen molar-refractivity contribution >= 4 is 0 Å². The Hall–Kier alpha value is -2.07. The largest absolute Gasteiger partial charge is 0.197 e. The highest BCUT2D eigenvalue weighted by atomic mass is 14.4. The predicted octanol–water partition coefficient (Wildman–Crippen LogP) is 8.62. The lowest BCUT2D eigenvalue weighted by atomic mass is 9.67. The molecule has 0 bridgehead atoms. The normalized spacial score (nSPS) is 21.3. The average Bonchev–Trinajstić information content (AvgIpc) is 2.80. The molecule has 2 aromatic rings. The molecule has 0 atom stereocenters. The van der Waals surface area contributed by atoms with Crippen molar-refractivity contribution in [2.75, 3.05) is 0 Å². The Morgan fingerprint density at radius 1 is 0.800 bits per heavy atom. The highest BCUT2D eigenvalue weighted by Gasteiger charge is 2.36. The minimum Gasteiger partial charge on any atom is -0.197 e. The van der Waals surface area contributed by atoms with Gasteiger partial charge in [-0.15, -0.1) is 0 Å². The van der Waals surface area contributed by atoms with Crippen LogP contribution in [0, 0.1) is 17.2 Å². The molecule has 2 aromatic carbocycles. The molecule has 0 spiro atoms. The average molecular weight is 402 g/mol. The molecule has 1 heteroatoms. The molecule has 0 aliphatic heterocycles. The molecule has 3 rings (SSSR count). The van der Waals surface area contributed by atoms with Crippen LogP contribution in [0.3, 0.4) is 0 Å². The van der Waals surface area contributed by atoms with E-state index in [4.69, 9.17) is 0 Å². The lowest BCUT2D eigenvalue weighted by molar-refractivity contribution is 0.265. The summed E-state index contributed by atoms with van der Waals surface area (Å²) in [6.45, 7) is 4.54. The zero-order valence-corrected chi connectivity index (χ0v) is 19.1. The van der Waals surface area contributed by atoms with E-state index in [0.29, 0.717) is 0 Å². The van der Waals surface area contributed by atoms with Crippen molar-refractivity contribution in [3.8, 4) is 17.2 Å². The van der Waals surface area contributed by atoms with Crippen molar-refractivity contribution in [2.24, 2.45) is 5.92 Å². The number of hydrogen-bond acceptors (Lipinski definition) is 1. The van der Waals surface area contributed by atoms with Gasteiger partial charge in [-0.2, -0.15) is 5.26 Å². The molecule has 1 fully saturated rings. The standard InChI is InChI=1S/C29H39N/c1-3-5-6-7-8-10-25-11-13-26(14-12-25)27-15-17-28(18-16-27)29(23-30)21-19-24(9-4-2)20-22-29/h11-18,24H,3-10,19-22H2,1-2H3. The summed E-state index contributed by atoms with van der Waals surface area (Å²) in [5.41, 5.74) is 4.91. The van der Waals surface area contributed by atoms with Crippen LogP contribution in [0.4, 0.5) is 0 Å². The van der Waals surface area contributed by atoms with Gasteiger partial charge in [0.1, 0.15) is 0 Å². The Morgan fingerprint density at radius 2 is 1.40 bits per heavy atom.